The molecule has 0 unspecified atom stereocenters. The Morgan fingerprint density at radius 1 is 1.38 bits per heavy atom. The van der Waals surface area contributed by atoms with Crippen LogP contribution in [-0.2, 0) is 4.74 Å². The largest absolute Gasteiger partial charge is 0.383 e. The van der Waals surface area contributed by atoms with E-state index in [0.717, 1.165) is 5.69 Å². The second-order valence-electron chi connectivity index (χ2n) is 3.36. The molecule has 0 aliphatic carbocycles. The van der Waals surface area contributed by atoms with Crippen LogP contribution in [0.4, 0.5) is 5.69 Å². The molecule has 5 nitrogen and oxygen atoms in total. The van der Waals surface area contributed by atoms with Gasteiger partial charge in [0.2, 0.25) is 5.96 Å². The van der Waals surface area contributed by atoms with E-state index in [1.165, 1.54) is 5.56 Å². The first kappa shape index (κ1) is 12.5. The minimum atomic E-state index is 0.529. The molecule has 1 aromatic carbocycles. The van der Waals surface area contributed by atoms with Gasteiger partial charge in [0.1, 0.15) is 0 Å². The topological polar surface area (TPSA) is 71.7 Å². The number of nitrogens with zero attached hydrogens (tertiary/aromatic N) is 1. The van der Waals surface area contributed by atoms with Gasteiger partial charge in [-0.15, -0.1) is 0 Å². The van der Waals surface area contributed by atoms with Crippen molar-refractivity contribution < 1.29 is 4.74 Å². The summed E-state index contributed by atoms with van der Waals surface area (Å²) in [6, 6.07) is 7.98. The van der Waals surface area contributed by atoms with E-state index in [0.29, 0.717) is 19.1 Å². The van der Waals surface area contributed by atoms with E-state index in [9.17, 15) is 0 Å². The molecule has 0 bridgehead atoms. The van der Waals surface area contributed by atoms with Gasteiger partial charge in [-0.3, -0.25) is 5.43 Å². The number of guanidine groups is 1. The quantitative estimate of drug-likeness (QED) is 0.232. The molecule has 0 amide bonds. The van der Waals surface area contributed by atoms with Gasteiger partial charge < -0.3 is 10.1 Å². The number of aliphatic imine (C=N–C) groups is 1. The second kappa shape index (κ2) is 6.81. The normalized spacial score (nSPS) is 11.3. The van der Waals surface area contributed by atoms with Crippen LogP contribution >= 0.6 is 0 Å². The lowest BCUT2D eigenvalue weighted by molar-refractivity contribution is 0.208. The molecule has 0 aromatic heterocycles. The van der Waals surface area contributed by atoms with Gasteiger partial charge >= 0.3 is 0 Å². The third kappa shape index (κ3) is 4.29. The second-order valence-corrected chi connectivity index (χ2v) is 3.36. The van der Waals surface area contributed by atoms with Crippen molar-refractivity contribution in [2.45, 2.75) is 6.92 Å². The fraction of sp³-hybridized carbons (Fsp3) is 0.364. The fourth-order valence-corrected chi connectivity index (χ4v) is 1.14. The van der Waals surface area contributed by atoms with E-state index >= 15 is 0 Å². The van der Waals surface area contributed by atoms with Crippen molar-refractivity contribution in [3.05, 3.63) is 29.8 Å². The smallest absolute Gasteiger partial charge is 0.210 e. The number of aryl methyl sites for hydroxylation is 1. The van der Waals surface area contributed by atoms with Crippen LogP contribution in [0.15, 0.2) is 29.3 Å². The van der Waals surface area contributed by atoms with E-state index in [-0.39, 0.29) is 0 Å². The van der Waals surface area contributed by atoms with Gasteiger partial charge in [0, 0.05) is 12.8 Å². The number of hydrogen-bond donors (Lipinski definition) is 3. The van der Waals surface area contributed by atoms with Crippen molar-refractivity contribution in [2.75, 3.05) is 25.6 Å². The Bertz CT molecular complexity index is 334. The average Bonchev–Trinajstić information content (AvgIpc) is 2.31. The number of methoxy groups -OCH3 is 1. The fourth-order valence-electron chi connectivity index (χ4n) is 1.14. The zero-order chi connectivity index (χ0) is 11.8. The summed E-state index contributed by atoms with van der Waals surface area (Å²) in [6.45, 7) is 3.17. The highest BCUT2D eigenvalue weighted by Crippen LogP contribution is 2.07. The molecule has 1 aromatic rings. The Hall–Kier alpha value is -1.59. The highest BCUT2D eigenvalue weighted by Gasteiger charge is 1.96. The summed E-state index contributed by atoms with van der Waals surface area (Å²) in [5, 5.41) is 3.07. The van der Waals surface area contributed by atoms with Gasteiger partial charge in [-0.05, 0) is 19.1 Å². The Balaban J connectivity index is 2.55. The minimum Gasteiger partial charge on any atom is -0.383 e. The summed E-state index contributed by atoms with van der Waals surface area (Å²) in [5.41, 5.74) is 4.66. The van der Waals surface area contributed by atoms with Crippen molar-refractivity contribution in [1.82, 2.24) is 5.43 Å². The number of ether oxygens (including phenoxy) is 1. The number of benzene rings is 1. The predicted octanol–water partition coefficient (Wildman–Crippen LogP) is 0.873. The van der Waals surface area contributed by atoms with E-state index in [2.05, 4.69) is 15.7 Å². The Morgan fingerprint density at radius 3 is 2.62 bits per heavy atom. The first-order valence-corrected chi connectivity index (χ1v) is 5.10. The molecule has 5 heteroatoms. The molecule has 0 heterocycles. The van der Waals surface area contributed by atoms with Crippen molar-refractivity contribution in [3.8, 4) is 0 Å². The molecule has 16 heavy (non-hydrogen) atoms. The molecule has 0 saturated heterocycles. The van der Waals surface area contributed by atoms with Crippen LogP contribution < -0.4 is 16.6 Å². The number of anilines is 1. The van der Waals surface area contributed by atoms with E-state index in [4.69, 9.17) is 10.6 Å². The number of hydrogen-bond acceptors (Lipinski definition) is 3. The molecule has 4 N–H and O–H groups in total. The minimum absolute atomic E-state index is 0.529. The monoisotopic (exact) mass is 222 g/mol. The Labute approximate surface area is 95.7 Å². The summed E-state index contributed by atoms with van der Waals surface area (Å²) in [6.07, 6.45) is 0. The van der Waals surface area contributed by atoms with Gasteiger partial charge in [-0.1, -0.05) is 17.7 Å². The average molecular weight is 222 g/mol. The molecule has 0 aliphatic rings. The van der Waals surface area contributed by atoms with Crippen molar-refractivity contribution >= 4 is 11.6 Å². The van der Waals surface area contributed by atoms with Crippen LogP contribution in [-0.4, -0.2) is 26.2 Å². The van der Waals surface area contributed by atoms with E-state index < -0.39 is 0 Å². The van der Waals surface area contributed by atoms with Gasteiger partial charge in [0.15, 0.2) is 0 Å². The highest BCUT2D eigenvalue weighted by molar-refractivity contribution is 5.93. The molecule has 1 rings (SSSR count). The predicted molar refractivity (Wildman–Crippen MR) is 66.3 cm³/mol. The van der Waals surface area contributed by atoms with Crippen LogP contribution in [0.3, 0.4) is 0 Å². The molecular weight excluding hydrogens is 204 g/mol. The molecule has 0 aliphatic heterocycles. The molecule has 88 valence electrons. The van der Waals surface area contributed by atoms with Crippen LogP contribution in [0.5, 0.6) is 0 Å². The summed E-state index contributed by atoms with van der Waals surface area (Å²) in [5.74, 6) is 5.88. The summed E-state index contributed by atoms with van der Waals surface area (Å²) >= 11 is 0. The van der Waals surface area contributed by atoms with Gasteiger partial charge in [0.25, 0.3) is 0 Å². The van der Waals surface area contributed by atoms with Crippen LogP contribution in [0.1, 0.15) is 5.56 Å². The zero-order valence-electron chi connectivity index (χ0n) is 9.66. The lowest BCUT2D eigenvalue weighted by Gasteiger charge is -2.09. The summed E-state index contributed by atoms with van der Waals surface area (Å²) < 4.78 is 4.90. The van der Waals surface area contributed by atoms with Gasteiger partial charge in [-0.2, -0.15) is 0 Å². The van der Waals surface area contributed by atoms with Crippen molar-refractivity contribution in [3.63, 3.8) is 0 Å². The third-order valence-corrected chi connectivity index (χ3v) is 2.02. The number of nitrogens with two attached hydrogens (primary N) is 1. The van der Waals surface area contributed by atoms with E-state index in [1.807, 2.05) is 31.2 Å². The lowest BCUT2D eigenvalue weighted by Crippen LogP contribution is -2.36. The zero-order valence-corrected chi connectivity index (χ0v) is 9.66. The SMILES string of the molecule is COCCN=C(NN)Nc1ccc(C)cc1. The maximum atomic E-state index is 5.35. The maximum Gasteiger partial charge on any atom is 0.210 e. The highest BCUT2D eigenvalue weighted by atomic mass is 16.5. The van der Waals surface area contributed by atoms with Crippen LogP contribution in [0.2, 0.25) is 0 Å². The Morgan fingerprint density at radius 2 is 2.06 bits per heavy atom. The standard InChI is InChI=1S/C11H18N4O/c1-9-3-5-10(6-4-9)14-11(15-12)13-7-8-16-2/h3-6H,7-8,12H2,1-2H3,(H2,13,14,15). The Kier molecular flexibility index (Phi) is 5.31. The first-order chi connectivity index (χ1) is 7.76. The molecule has 0 atom stereocenters. The number of rotatable bonds is 4. The van der Waals surface area contributed by atoms with Gasteiger partial charge in [0.05, 0.1) is 13.2 Å². The maximum absolute atomic E-state index is 5.35. The lowest BCUT2D eigenvalue weighted by atomic mass is 10.2. The molecule has 0 fully saturated rings. The van der Waals surface area contributed by atoms with E-state index in [1.54, 1.807) is 7.11 Å². The molecular formula is C11H18N4O. The van der Waals surface area contributed by atoms with Crippen LogP contribution in [0.25, 0.3) is 0 Å². The molecule has 0 radical (unpaired) electrons. The summed E-state index contributed by atoms with van der Waals surface area (Å²) in [7, 11) is 1.64. The molecule has 0 saturated carbocycles. The van der Waals surface area contributed by atoms with Gasteiger partial charge in [-0.25, -0.2) is 10.8 Å². The first-order valence-electron chi connectivity index (χ1n) is 5.10. The third-order valence-electron chi connectivity index (χ3n) is 2.02. The summed E-state index contributed by atoms with van der Waals surface area (Å²) in [4.78, 5) is 4.19. The van der Waals surface area contributed by atoms with Crippen LogP contribution in [0, 0.1) is 6.92 Å². The molecule has 0 spiro atoms. The van der Waals surface area contributed by atoms with Crippen molar-refractivity contribution in [2.24, 2.45) is 10.8 Å². The van der Waals surface area contributed by atoms with Crippen molar-refractivity contribution in [1.29, 1.82) is 0 Å². The number of hydrazine groups is 1. The number of nitrogens with one attached hydrogen (secondary N) is 2.